The molecule has 0 unspecified atom stereocenters. The topological polar surface area (TPSA) is 67.4 Å². The van der Waals surface area contributed by atoms with Crippen LogP contribution in [0.4, 0.5) is 18.9 Å². The van der Waals surface area contributed by atoms with E-state index in [0.29, 0.717) is 16.8 Å². The third-order valence-corrected chi connectivity index (χ3v) is 5.05. The number of rotatable bonds is 7. The molecule has 162 valence electrons. The molecule has 2 aromatic carbocycles. The van der Waals surface area contributed by atoms with E-state index in [1.165, 1.54) is 18.2 Å². The number of aryl methyl sites for hydroxylation is 2. The lowest BCUT2D eigenvalue weighted by molar-refractivity contribution is -0.274. The smallest absolute Gasteiger partial charge is 0.406 e. The van der Waals surface area contributed by atoms with Crippen molar-refractivity contribution in [2.75, 3.05) is 17.3 Å². The second-order valence-electron chi connectivity index (χ2n) is 6.81. The molecule has 0 aliphatic carbocycles. The fraction of sp³-hybridized carbons (Fsp3) is 0.333. The Morgan fingerprint density at radius 3 is 2.40 bits per heavy atom. The van der Waals surface area contributed by atoms with Crippen molar-refractivity contribution in [3.63, 3.8) is 0 Å². The van der Waals surface area contributed by atoms with Gasteiger partial charge in [-0.1, -0.05) is 12.1 Å². The summed E-state index contributed by atoms with van der Waals surface area (Å²) in [5.41, 5.74) is 1.79. The molecule has 2 N–H and O–H groups in total. The molecule has 0 aliphatic rings. The molecule has 0 saturated carbocycles. The second-order valence-corrected chi connectivity index (χ2v) is 7.72. The molecule has 0 fully saturated rings. The van der Waals surface area contributed by atoms with E-state index in [4.69, 9.17) is 0 Å². The van der Waals surface area contributed by atoms with Crippen LogP contribution >= 0.6 is 11.8 Å². The van der Waals surface area contributed by atoms with Crippen LogP contribution in [0.1, 0.15) is 38.8 Å². The fourth-order valence-electron chi connectivity index (χ4n) is 2.91. The minimum Gasteiger partial charge on any atom is -0.406 e. The number of nitrogens with one attached hydrogen (secondary N) is 2. The third-order valence-electron chi connectivity index (χ3n) is 4.22. The molecule has 5 nitrogen and oxygen atoms in total. The van der Waals surface area contributed by atoms with Gasteiger partial charge in [0.1, 0.15) is 5.75 Å². The molecule has 0 saturated heterocycles. The molecule has 9 heteroatoms. The van der Waals surface area contributed by atoms with Crippen molar-refractivity contribution in [2.24, 2.45) is 0 Å². The Hall–Kier alpha value is -2.68. The number of hydrogen-bond acceptors (Lipinski definition) is 4. The molecule has 0 radical (unpaired) electrons. The summed E-state index contributed by atoms with van der Waals surface area (Å²) in [4.78, 5) is 25.6. The first-order valence-corrected chi connectivity index (χ1v) is 10.5. The van der Waals surface area contributed by atoms with Crippen LogP contribution in [-0.4, -0.2) is 36.2 Å². The lowest BCUT2D eigenvalue weighted by atomic mass is 10.00. The first-order valence-electron chi connectivity index (χ1n) is 9.09. The minimum absolute atomic E-state index is 0.0774. The summed E-state index contributed by atoms with van der Waals surface area (Å²) >= 11 is 1.59. The number of hydrogen-bond donors (Lipinski definition) is 2. The Bertz CT molecular complexity index is 932. The lowest BCUT2D eigenvalue weighted by Crippen LogP contribution is -2.36. The maximum absolute atomic E-state index is 12.9. The first-order chi connectivity index (χ1) is 14.0. The number of carbonyl (C=O) groups is 2. The van der Waals surface area contributed by atoms with Gasteiger partial charge in [-0.15, -0.1) is 13.2 Å². The van der Waals surface area contributed by atoms with E-state index < -0.39 is 12.3 Å². The third kappa shape index (κ3) is 6.41. The molecule has 2 amide bonds. The monoisotopic (exact) mass is 440 g/mol. The zero-order valence-electron chi connectivity index (χ0n) is 17.0. The molecule has 2 aromatic rings. The van der Waals surface area contributed by atoms with Gasteiger partial charge in [0.15, 0.2) is 0 Å². The largest absolute Gasteiger partial charge is 0.573 e. The predicted octanol–water partition coefficient (Wildman–Crippen LogP) is 4.94. The summed E-state index contributed by atoms with van der Waals surface area (Å²) in [6, 6.07) is 8.48. The number of alkyl halides is 3. The van der Waals surface area contributed by atoms with Crippen LogP contribution in [0.15, 0.2) is 36.4 Å². The van der Waals surface area contributed by atoms with E-state index in [-0.39, 0.29) is 28.8 Å². The average Bonchev–Trinajstić information content (AvgIpc) is 2.62. The van der Waals surface area contributed by atoms with Crippen LogP contribution in [-0.2, 0) is 0 Å². The molecular formula is C21H23F3N2O3S. The Labute approximate surface area is 177 Å². The van der Waals surface area contributed by atoms with Crippen molar-refractivity contribution >= 4 is 29.3 Å². The second kappa shape index (κ2) is 9.88. The molecule has 30 heavy (non-hydrogen) atoms. The summed E-state index contributed by atoms with van der Waals surface area (Å²) < 4.78 is 41.0. The highest BCUT2D eigenvalue weighted by atomic mass is 32.2. The van der Waals surface area contributed by atoms with Gasteiger partial charge in [0.05, 0.1) is 11.1 Å². The number of amides is 2. The summed E-state index contributed by atoms with van der Waals surface area (Å²) in [6.07, 6.45) is -2.86. The van der Waals surface area contributed by atoms with Crippen molar-refractivity contribution in [3.8, 4) is 5.75 Å². The fourth-order valence-corrected chi connectivity index (χ4v) is 3.49. The van der Waals surface area contributed by atoms with Gasteiger partial charge in [0, 0.05) is 17.5 Å². The number of halogens is 3. The van der Waals surface area contributed by atoms with Gasteiger partial charge in [-0.25, -0.2) is 0 Å². The Morgan fingerprint density at radius 1 is 1.10 bits per heavy atom. The van der Waals surface area contributed by atoms with Gasteiger partial charge in [-0.05, 0) is 62.4 Å². The summed E-state index contributed by atoms with van der Waals surface area (Å²) in [6.45, 7) is 5.16. The van der Waals surface area contributed by atoms with E-state index >= 15 is 0 Å². The molecule has 0 aromatic heterocycles. The molecule has 0 bridgehead atoms. The van der Waals surface area contributed by atoms with Crippen LogP contribution in [0.2, 0.25) is 0 Å². The minimum atomic E-state index is -4.80. The first kappa shape index (κ1) is 23.6. The molecule has 1 atom stereocenters. The van der Waals surface area contributed by atoms with E-state index in [1.807, 2.05) is 13.2 Å². The average molecular weight is 440 g/mol. The highest BCUT2D eigenvalue weighted by molar-refractivity contribution is 7.98. The Kier molecular flexibility index (Phi) is 7.77. The maximum atomic E-state index is 12.9. The van der Waals surface area contributed by atoms with E-state index in [2.05, 4.69) is 15.4 Å². The van der Waals surface area contributed by atoms with Gasteiger partial charge >= 0.3 is 6.36 Å². The highest BCUT2D eigenvalue weighted by Crippen LogP contribution is 2.27. The molecule has 0 heterocycles. The lowest BCUT2D eigenvalue weighted by Gasteiger charge is -2.17. The number of thioether (sulfide) groups is 1. The normalized spacial score (nSPS) is 12.2. The zero-order valence-corrected chi connectivity index (χ0v) is 17.8. The Balaban J connectivity index is 2.25. The summed E-state index contributed by atoms with van der Waals surface area (Å²) in [5, 5.41) is 5.53. The number of benzene rings is 2. The van der Waals surface area contributed by atoms with Gasteiger partial charge in [0.2, 0.25) is 0 Å². The van der Waals surface area contributed by atoms with E-state index in [9.17, 15) is 22.8 Å². The number of ether oxygens (including phenoxy) is 1. The van der Waals surface area contributed by atoms with Crippen molar-refractivity contribution in [2.45, 2.75) is 33.2 Å². The zero-order chi connectivity index (χ0) is 22.5. The summed E-state index contributed by atoms with van der Waals surface area (Å²) in [5.74, 6) is -0.541. The van der Waals surface area contributed by atoms with Crippen LogP contribution < -0.4 is 15.4 Å². The van der Waals surface area contributed by atoms with Crippen LogP contribution in [0.25, 0.3) is 0 Å². The highest BCUT2D eigenvalue weighted by Gasteiger charge is 2.31. The van der Waals surface area contributed by atoms with Gasteiger partial charge in [-0.2, -0.15) is 11.8 Å². The SMILES string of the molecule is CSC[C@H](C)NC(=O)c1c(C)cccc1C(=O)Nc1ccc(OC(F)(F)F)cc1C. The van der Waals surface area contributed by atoms with Crippen molar-refractivity contribution in [1.29, 1.82) is 0 Å². The molecule has 2 rings (SSSR count). The van der Waals surface area contributed by atoms with Gasteiger partial charge < -0.3 is 15.4 Å². The number of anilines is 1. The van der Waals surface area contributed by atoms with Crippen LogP contribution in [0.5, 0.6) is 5.75 Å². The number of carbonyl (C=O) groups excluding carboxylic acids is 2. The van der Waals surface area contributed by atoms with Crippen molar-refractivity contribution in [3.05, 3.63) is 58.7 Å². The van der Waals surface area contributed by atoms with E-state index in [1.54, 1.807) is 37.7 Å². The molecule has 0 spiro atoms. The van der Waals surface area contributed by atoms with Crippen molar-refractivity contribution in [1.82, 2.24) is 5.32 Å². The predicted molar refractivity (Wildman–Crippen MR) is 112 cm³/mol. The van der Waals surface area contributed by atoms with E-state index in [0.717, 1.165) is 11.8 Å². The van der Waals surface area contributed by atoms with Crippen LogP contribution in [0.3, 0.4) is 0 Å². The maximum Gasteiger partial charge on any atom is 0.573 e. The van der Waals surface area contributed by atoms with Crippen LogP contribution in [0, 0.1) is 13.8 Å². The van der Waals surface area contributed by atoms with Gasteiger partial charge in [-0.3, -0.25) is 9.59 Å². The summed E-state index contributed by atoms with van der Waals surface area (Å²) in [7, 11) is 0. The van der Waals surface area contributed by atoms with Crippen molar-refractivity contribution < 1.29 is 27.5 Å². The Morgan fingerprint density at radius 2 is 1.80 bits per heavy atom. The molecular weight excluding hydrogens is 417 g/mol. The molecule has 0 aliphatic heterocycles. The quantitative estimate of drug-likeness (QED) is 0.640. The standard InChI is InChI=1S/C21H23F3N2O3S/c1-12-6-5-7-16(18(12)20(28)25-14(3)11-30-4)19(27)26-17-9-8-15(10-13(17)2)29-21(22,23)24/h5-10,14H,11H2,1-4H3,(H,25,28)(H,26,27)/t14-/m0/s1. The van der Waals surface area contributed by atoms with Gasteiger partial charge in [0.25, 0.3) is 11.8 Å².